The van der Waals surface area contributed by atoms with Crippen LogP contribution >= 0.6 is 0 Å². The summed E-state index contributed by atoms with van der Waals surface area (Å²) in [6.45, 7) is 10.4. The van der Waals surface area contributed by atoms with Gasteiger partial charge in [0.1, 0.15) is 5.75 Å². The lowest BCUT2D eigenvalue weighted by molar-refractivity contribution is 0.173. The Balaban J connectivity index is 2.13. The minimum Gasteiger partial charge on any atom is -0.493 e. The minimum atomic E-state index is 0.0665. The van der Waals surface area contributed by atoms with Crippen molar-refractivity contribution in [2.24, 2.45) is 0 Å². The Bertz CT molecular complexity index is 452. The highest BCUT2D eigenvalue weighted by atomic mass is 16.7. The first kappa shape index (κ1) is 15.0. The van der Waals surface area contributed by atoms with Gasteiger partial charge in [-0.25, -0.2) is 0 Å². The van der Waals surface area contributed by atoms with Gasteiger partial charge in [0.2, 0.25) is 6.79 Å². The highest BCUT2D eigenvalue weighted by Crippen LogP contribution is 2.38. The fourth-order valence-electron chi connectivity index (χ4n) is 1.92. The van der Waals surface area contributed by atoms with E-state index in [2.05, 4.69) is 33.0 Å². The number of benzene rings is 1. The molecule has 1 aromatic rings. The molecule has 20 heavy (non-hydrogen) atoms. The summed E-state index contributed by atoms with van der Waals surface area (Å²) in [4.78, 5) is 0. The molecule has 1 aliphatic heterocycles. The predicted molar refractivity (Wildman–Crippen MR) is 79.6 cm³/mol. The van der Waals surface area contributed by atoms with E-state index in [4.69, 9.17) is 14.2 Å². The van der Waals surface area contributed by atoms with E-state index in [-0.39, 0.29) is 5.54 Å². The molecule has 0 unspecified atom stereocenters. The van der Waals surface area contributed by atoms with Gasteiger partial charge in [-0.2, -0.15) is 0 Å². The van der Waals surface area contributed by atoms with Gasteiger partial charge in [-0.15, -0.1) is 0 Å². The number of unbranched alkanes of at least 4 members (excludes halogenated alkanes) is 1. The van der Waals surface area contributed by atoms with Crippen LogP contribution in [-0.4, -0.2) is 18.9 Å². The van der Waals surface area contributed by atoms with Gasteiger partial charge in [-0.05, 0) is 33.3 Å². The second-order valence-electron chi connectivity index (χ2n) is 6.12. The average molecular weight is 279 g/mol. The zero-order chi connectivity index (χ0) is 14.6. The Morgan fingerprint density at radius 1 is 1.20 bits per heavy atom. The number of rotatable bonds is 6. The molecule has 0 atom stereocenters. The number of fused-ring (bicyclic) bond motifs is 1. The van der Waals surface area contributed by atoms with Crippen LogP contribution in [0, 0.1) is 0 Å². The standard InChI is InChI=1S/C16H25NO3/c1-5-6-7-18-13-9-15-14(19-11-20-15)8-12(13)10-17-16(2,3)4/h8-9,17H,5-7,10-11H2,1-4H3. The summed E-state index contributed by atoms with van der Waals surface area (Å²) in [5, 5.41) is 3.48. The van der Waals surface area contributed by atoms with E-state index < -0.39 is 0 Å². The van der Waals surface area contributed by atoms with E-state index in [1.54, 1.807) is 0 Å². The third kappa shape index (κ3) is 4.04. The largest absolute Gasteiger partial charge is 0.493 e. The van der Waals surface area contributed by atoms with Crippen molar-refractivity contribution in [1.29, 1.82) is 0 Å². The lowest BCUT2D eigenvalue weighted by atomic mass is 10.1. The van der Waals surface area contributed by atoms with Crippen LogP contribution in [0.25, 0.3) is 0 Å². The number of hydrogen-bond acceptors (Lipinski definition) is 4. The maximum atomic E-state index is 5.89. The average Bonchev–Trinajstić information content (AvgIpc) is 2.82. The topological polar surface area (TPSA) is 39.7 Å². The number of nitrogens with one attached hydrogen (secondary N) is 1. The van der Waals surface area contributed by atoms with Crippen molar-refractivity contribution in [3.63, 3.8) is 0 Å². The molecule has 1 aliphatic rings. The SMILES string of the molecule is CCCCOc1cc2c(cc1CNC(C)(C)C)OCO2. The molecule has 0 bridgehead atoms. The lowest BCUT2D eigenvalue weighted by Crippen LogP contribution is -2.35. The Hall–Kier alpha value is -1.42. The van der Waals surface area contributed by atoms with Crippen molar-refractivity contribution in [2.45, 2.75) is 52.6 Å². The van der Waals surface area contributed by atoms with Crippen molar-refractivity contribution in [1.82, 2.24) is 5.32 Å². The second kappa shape index (κ2) is 6.35. The summed E-state index contributed by atoms with van der Waals surface area (Å²) in [7, 11) is 0. The van der Waals surface area contributed by atoms with Crippen molar-refractivity contribution in [3.05, 3.63) is 17.7 Å². The zero-order valence-electron chi connectivity index (χ0n) is 12.9. The molecule has 0 fully saturated rings. The van der Waals surface area contributed by atoms with Crippen LogP contribution in [-0.2, 0) is 6.54 Å². The first-order valence-corrected chi connectivity index (χ1v) is 7.30. The van der Waals surface area contributed by atoms with E-state index >= 15 is 0 Å². The quantitative estimate of drug-likeness (QED) is 0.809. The van der Waals surface area contributed by atoms with Crippen LogP contribution in [0.5, 0.6) is 17.2 Å². The van der Waals surface area contributed by atoms with Gasteiger partial charge in [0.25, 0.3) is 0 Å². The molecule has 112 valence electrons. The van der Waals surface area contributed by atoms with Crippen LogP contribution in [0.1, 0.15) is 46.1 Å². The van der Waals surface area contributed by atoms with Gasteiger partial charge in [0.15, 0.2) is 11.5 Å². The van der Waals surface area contributed by atoms with E-state index in [1.165, 1.54) is 0 Å². The van der Waals surface area contributed by atoms with Gasteiger partial charge in [-0.1, -0.05) is 13.3 Å². The maximum absolute atomic E-state index is 5.89. The van der Waals surface area contributed by atoms with Crippen molar-refractivity contribution in [3.8, 4) is 17.2 Å². The second-order valence-corrected chi connectivity index (χ2v) is 6.12. The third-order valence-corrected chi connectivity index (χ3v) is 3.12. The number of hydrogen-bond donors (Lipinski definition) is 1. The highest BCUT2D eigenvalue weighted by molar-refractivity contribution is 5.51. The fourth-order valence-corrected chi connectivity index (χ4v) is 1.92. The molecule has 1 aromatic carbocycles. The van der Waals surface area contributed by atoms with E-state index in [9.17, 15) is 0 Å². The van der Waals surface area contributed by atoms with Crippen LogP contribution in [0.4, 0.5) is 0 Å². The molecule has 4 heteroatoms. The fraction of sp³-hybridized carbons (Fsp3) is 0.625. The summed E-state index contributed by atoms with van der Waals surface area (Å²) in [5.74, 6) is 2.47. The summed E-state index contributed by atoms with van der Waals surface area (Å²) in [5.41, 5.74) is 1.18. The molecule has 0 amide bonds. The molecule has 0 aromatic heterocycles. The molecular formula is C16H25NO3. The minimum absolute atomic E-state index is 0.0665. The Morgan fingerprint density at radius 2 is 1.90 bits per heavy atom. The van der Waals surface area contributed by atoms with Gasteiger partial charge in [0.05, 0.1) is 6.61 Å². The molecular weight excluding hydrogens is 254 g/mol. The van der Waals surface area contributed by atoms with Gasteiger partial charge >= 0.3 is 0 Å². The molecule has 0 spiro atoms. The van der Waals surface area contributed by atoms with Crippen LogP contribution in [0.15, 0.2) is 12.1 Å². The van der Waals surface area contributed by atoms with Gasteiger partial charge < -0.3 is 19.5 Å². The van der Waals surface area contributed by atoms with Crippen molar-refractivity contribution >= 4 is 0 Å². The summed E-state index contributed by atoms with van der Waals surface area (Å²) in [6.07, 6.45) is 2.18. The third-order valence-electron chi connectivity index (χ3n) is 3.12. The summed E-state index contributed by atoms with van der Waals surface area (Å²) in [6, 6.07) is 3.96. The smallest absolute Gasteiger partial charge is 0.231 e. The first-order valence-electron chi connectivity index (χ1n) is 7.30. The monoisotopic (exact) mass is 279 g/mol. The van der Waals surface area contributed by atoms with Crippen LogP contribution in [0.2, 0.25) is 0 Å². The predicted octanol–water partition coefficient (Wildman–Crippen LogP) is 3.48. The molecule has 1 heterocycles. The Kier molecular flexibility index (Phi) is 4.76. The molecule has 4 nitrogen and oxygen atoms in total. The molecule has 1 N–H and O–H groups in total. The lowest BCUT2D eigenvalue weighted by Gasteiger charge is -2.22. The first-order chi connectivity index (χ1) is 9.49. The number of ether oxygens (including phenoxy) is 3. The van der Waals surface area contributed by atoms with E-state index in [0.29, 0.717) is 6.79 Å². The van der Waals surface area contributed by atoms with E-state index in [1.807, 2.05) is 12.1 Å². The van der Waals surface area contributed by atoms with Crippen LogP contribution < -0.4 is 19.5 Å². The Morgan fingerprint density at radius 3 is 2.55 bits per heavy atom. The molecule has 0 radical (unpaired) electrons. The highest BCUT2D eigenvalue weighted by Gasteiger charge is 2.19. The van der Waals surface area contributed by atoms with Crippen molar-refractivity contribution in [2.75, 3.05) is 13.4 Å². The summed E-state index contributed by atoms with van der Waals surface area (Å²) < 4.78 is 16.8. The maximum Gasteiger partial charge on any atom is 0.231 e. The van der Waals surface area contributed by atoms with Gasteiger partial charge in [0, 0.05) is 23.7 Å². The van der Waals surface area contributed by atoms with Gasteiger partial charge in [-0.3, -0.25) is 0 Å². The van der Waals surface area contributed by atoms with Crippen LogP contribution in [0.3, 0.4) is 0 Å². The molecule has 2 rings (SSSR count). The molecule has 0 aliphatic carbocycles. The van der Waals surface area contributed by atoms with Crippen molar-refractivity contribution < 1.29 is 14.2 Å². The Labute approximate surface area is 121 Å². The molecule has 0 saturated heterocycles. The molecule has 0 saturated carbocycles. The zero-order valence-corrected chi connectivity index (χ0v) is 12.9. The normalized spacial score (nSPS) is 13.6. The summed E-state index contributed by atoms with van der Waals surface area (Å²) >= 11 is 0. The van der Waals surface area contributed by atoms with E-state index in [0.717, 1.165) is 48.8 Å².